The van der Waals surface area contributed by atoms with E-state index < -0.39 is 23.4 Å². The molecule has 4 rings (SSSR count). The molecule has 1 atom stereocenters. The number of urea groups is 1. The van der Waals surface area contributed by atoms with Crippen molar-refractivity contribution < 1.29 is 19.1 Å². The molecule has 0 radical (unpaired) electrons. The first-order valence-electron chi connectivity index (χ1n) is 10.5. The number of hydrogen-bond acceptors (Lipinski definition) is 5. The van der Waals surface area contributed by atoms with E-state index in [4.69, 9.17) is 4.74 Å². The number of aromatic nitrogens is 1. The monoisotopic (exact) mass is 431 g/mol. The molecule has 1 saturated heterocycles. The van der Waals surface area contributed by atoms with Crippen molar-refractivity contribution in [1.82, 2.24) is 15.2 Å². The molecule has 0 aliphatic carbocycles. The lowest BCUT2D eigenvalue weighted by atomic mass is 9.91. The summed E-state index contributed by atoms with van der Waals surface area (Å²) in [5.41, 5.74) is 2.56. The molecule has 1 aliphatic heterocycles. The number of rotatable bonds is 5. The van der Waals surface area contributed by atoms with E-state index in [-0.39, 0.29) is 18.7 Å². The first kappa shape index (κ1) is 21.5. The van der Waals surface area contributed by atoms with Crippen LogP contribution in [0.5, 0.6) is 0 Å². The van der Waals surface area contributed by atoms with Crippen LogP contribution in [0.4, 0.5) is 4.79 Å². The van der Waals surface area contributed by atoms with Crippen molar-refractivity contribution in [3.8, 4) is 0 Å². The Hall–Kier alpha value is -3.74. The van der Waals surface area contributed by atoms with Crippen LogP contribution in [-0.2, 0) is 21.6 Å². The van der Waals surface area contributed by atoms with Gasteiger partial charge in [-0.25, -0.2) is 14.6 Å². The molecule has 1 aliphatic rings. The van der Waals surface area contributed by atoms with E-state index in [2.05, 4.69) is 10.3 Å². The van der Waals surface area contributed by atoms with Gasteiger partial charge in [-0.15, -0.1) is 0 Å². The van der Waals surface area contributed by atoms with Crippen LogP contribution in [0.25, 0.3) is 10.9 Å². The normalized spacial score (nSPS) is 18.2. The Bertz CT molecular complexity index is 1240. The Morgan fingerprint density at radius 3 is 2.47 bits per heavy atom. The van der Waals surface area contributed by atoms with Crippen molar-refractivity contribution in [3.05, 3.63) is 76.5 Å². The molecule has 7 heteroatoms. The van der Waals surface area contributed by atoms with Gasteiger partial charge >= 0.3 is 12.0 Å². The molecule has 1 aromatic heterocycles. The number of amides is 3. The molecule has 1 N–H and O–H groups in total. The number of fused-ring (bicyclic) bond motifs is 1. The molecule has 164 valence electrons. The van der Waals surface area contributed by atoms with E-state index in [9.17, 15) is 14.4 Å². The Morgan fingerprint density at radius 2 is 1.78 bits per heavy atom. The summed E-state index contributed by atoms with van der Waals surface area (Å²) in [5, 5.41) is 3.63. The Kier molecular flexibility index (Phi) is 5.42. The number of esters is 1. The number of nitrogens with zero attached hydrogens (tertiary/aromatic N) is 2. The minimum absolute atomic E-state index is 0.133. The van der Waals surface area contributed by atoms with Crippen LogP contribution in [0.1, 0.15) is 46.6 Å². The highest BCUT2D eigenvalue weighted by atomic mass is 16.5. The Labute approximate surface area is 186 Å². The molecule has 2 aromatic carbocycles. The molecule has 3 aromatic rings. The molecular formula is C25H25N3O4. The van der Waals surface area contributed by atoms with E-state index in [1.54, 1.807) is 13.8 Å². The predicted molar refractivity (Wildman–Crippen MR) is 120 cm³/mol. The molecule has 32 heavy (non-hydrogen) atoms. The SMILES string of the molecule is CCOC(=O)c1c(CN2C(=O)NC(C)(c3ccc(C)cc3)C2=O)nc2ccccc2c1C. The maximum Gasteiger partial charge on any atom is 0.340 e. The highest BCUT2D eigenvalue weighted by Crippen LogP contribution is 2.31. The van der Waals surface area contributed by atoms with E-state index in [0.29, 0.717) is 22.3 Å². The van der Waals surface area contributed by atoms with E-state index in [0.717, 1.165) is 15.8 Å². The summed E-state index contributed by atoms with van der Waals surface area (Å²) in [6.45, 7) is 7.26. The van der Waals surface area contributed by atoms with Crippen molar-refractivity contribution in [2.24, 2.45) is 0 Å². The van der Waals surface area contributed by atoms with Crippen LogP contribution in [-0.4, -0.2) is 34.4 Å². The maximum atomic E-state index is 13.4. The third-order valence-electron chi connectivity index (χ3n) is 5.92. The molecule has 0 bridgehead atoms. The van der Waals surface area contributed by atoms with Crippen molar-refractivity contribution >= 4 is 28.8 Å². The Balaban J connectivity index is 1.76. The van der Waals surface area contributed by atoms with Gasteiger partial charge < -0.3 is 10.1 Å². The Morgan fingerprint density at radius 1 is 1.09 bits per heavy atom. The molecule has 3 amide bonds. The number of pyridine rings is 1. The molecule has 1 unspecified atom stereocenters. The van der Waals surface area contributed by atoms with E-state index >= 15 is 0 Å². The minimum atomic E-state index is -1.19. The summed E-state index contributed by atoms with van der Waals surface area (Å²) in [6, 6.07) is 14.4. The quantitative estimate of drug-likeness (QED) is 0.487. The number of ether oxygens (including phenoxy) is 1. The summed E-state index contributed by atoms with van der Waals surface area (Å²) in [6.07, 6.45) is 0. The molecular weight excluding hydrogens is 406 g/mol. The first-order valence-corrected chi connectivity index (χ1v) is 10.5. The number of carbonyl (C=O) groups is 3. The van der Waals surface area contributed by atoms with Crippen LogP contribution in [0.15, 0.2) is 48.5 Å². The standard InChI is InChI=1S/C25H25N3O4/c1-5-32-22(29)21-16(3)18-8-6-7-9-19(18)26-20(21)14-28-23(30)25(4,27-24(28)31)17-12-10-15(2)11-13-17/h6-13H,5,14H2,1-4H3,(H,27,31). The number of imide groups is 1. The van der Waals surface area contributed by atoms with Crippen molar-refractivity contribution in [3.63, 3.8) is 0 Å². The molecule has 0 saturated carbocycles. The number of benzene rings is 2. The van der Waals surface area contributed by atoms with Gasteiger partial charge in [0.1, 0.15) is 5.54 Å². The van der Waals surface area contributed by atoms with Crippen LogP contribution >= 0.6 is 0 Å². The van der Waals surface area contributed by atoms with Gasteiger partial charge in [-0.1, -0.05) is 48.0 Å². The lowest BCUT2D eigenvalue weighted by Gasteiger charge is -2.23. The zero-order valence-electron chi connectivity index (χ0n) is 18.6. The molecule has 1 fully saturated rings. The van der Waals surface area contributed by atoms with Gasteiger partial charge in [0.05, 0.1) is 29.9 Å². The zero-order chi connectivity index (χ0) is 23.0. The van der Waals surface area contributed by atoms with Gasteiger partial charge in [0.15, 0.2) is 0 Å². The van der Waals surface area contributed by atoms with Gasteiger partial charge in [0.2, 0.25) is 0 Å². The van der Waals surface area contributed by atoms with Crippen LogP contribution in [0.3, 0.4) is 0 Å². The summed E-state index contributed by atoms with van der Waals surface area (Å²) in [4.78, 5) is 44.8. The average molecular weight is 431 g/mol. The second-order valence-electron chi connectivity index (χ2n) is 8.11. The van der Waals surface area contributed by atoms with Gasteiger partial charge in [0.25, 0.3) is 5.91 Å². The maximum absolute atomic E-state index is 13.4. The van der Waals surface area contributed by atoms with Crippen LogP contribution in [0.2, 0.25) is 0 Å². The third kappa shape index (κ3) is 3.49. The molecule has 0 spiro atoms. The average Bonchev–Trinajstić information content (AvgIpc) is 2.98. The van der Waals surface area contributed by atoms with Gasteiger partial charge in [0, 0.05) is 5.39 Å². The highest BCUT2D eigenvalue weighted by Gasteiger charge is 2.49. The smallest absolute Gasteiger partial charge is 0.340 e. The lowest BCUT2D eigenvalue weighted by molar-refractivity contribution is -0.131. The second kappa shape index (κ2) is 8.07. The van der Waals surface area contributed by atoms with Gasteiger partial charge in [-0.05, 0) is 44.9 Å². The topological polar surface area (TPSA) is 88.6 Å². The van der Waals surface area contributed by atoms with Crippen LogP contribution in [0, 0.1) is 13.8 Å². The van der Waals surface area contributed by atoms with Crippen LogP contribution < -0.4 is 5.32 Å². The van der Waals surface area contributed by atoms with Crippen molar-refractivity contribution in [2.45, 2.75) is 39.8 Å². The fourth-order valence-electron chi connectivity index (χ4n) is 4.10. The van der Waals surface area contributed by atoms with Gasteiger partial charge in [-0.2, -0.15) is 0 Å². The van der Waals surface area contributed by atoms with E-state index in [1.165, 1.54) is 0 Å². The zero-order valence-corrected chi connectivity index (χ0v) is 18.6. The van der Waals surface area contributed by atoms with Gasteiger partial charge in [-0.3, -0.25) is 9.69 Å². The van der Waals surface area contributed by atoms with E-state index in [1.807, 2.05) is 62.4 Å². The summed E-state index contributed by atoms with van der Waals surface area (Å²) >= 11 is 0. The predicted octanol–water partition coefficient (Wildman–Crippen LogP) is 4.00. The number of carbonyl (C=O) groups excluding carboxylic acids is 3. The number of hydrogen-bond donors (Lipinski definition) is 1. The number of nitrogens with one attached hydrogen (secondary N) is 1. The first-order chi connectivity index (χ1) is 15.3. The minimum Gasteiger partial charge on any atom is -0.462 e. The summed E-state index contributed by atoms with van der Waals surface area (Å²) < 4.78 is 5.26. The number of para-hydroxylation sites is 1. The highest BCUT2D eigenvalue weighted by molar-refractivity contribution is 6.07. The van der Waals surface area contributed by atoms with Crippen molar-refractivity contribution in [2.75, 3.05) is 6.61 Å². The summed E-state index contributed by atoms with van der Waals surface area (Å²) in [7, 11) is 0. The fourth-order valence-corrected chi connectivity index (χ4v) is 4.10. The summed E-state index contributed by atoms with van der Waals surface area (Å²) in [5.74, 6) is -0.916. The van der Waals surface area contributed by atoms with Crippen molar-refractivity contribution in [1.29, 1.82) is 0 Å². The molecule has 2 heterocycles. The largest absolute Gasteiger partial charge is 0.462 e. The molecule has 7 nitrogen and oxygen atoms in total. The third-order valence-corrected chi connectivity index (χ3v) is 5.92. The second-order valence-corrected chi connectivity index (χ2v) is 8.11. The number of aryl methyl sites for hydroxylation is 2. The fraction of sp³-hybridized carbons (Fsp3) is 0.280. The lowest BCUT2D eigenvalue weighted by Crippen LogP contribution is -2.40.